The van der Waals surface area contributed by atoms with Gasteiger partial charge in [-0.25, -0.2) is 0 Å². The average Bonchev–Trinajstić information content (AvgIpc) is 2.10. The maximum atomic E-state index is 10.6. The van der Waals surface area contributed by atoms with Gasteiger partial charge in [-0.15, -0.1) is 0 Å². The molecule has 0 spiro atoms. The van der Waals surface area contributed by atoms with Crippen LogP contribution in [0.25, 0.3) is 0 Å². The van der Waals surface area contributed by atoms with Crippen LogP contribution in [0.15, 0.2) is 12.2 Å². The molecule has 0 saturated heterocycles. The quantitative estimate of drug-likeness (QED) is 0.366. The van der Waals surface area contributed by atoms with Crippen molar-refractivity contribution < 1.29 is 19.1 Å². The van der Waals surface area contributed by atoms with Gasteiger partial charge in [0.25, 0.3) is 0 Å². The summed E-state index contributed by atoms with van der Waals surface area (Å²) in [5.41, 5.74) is 0. The van der Waals surface area contributed by atoms with E-state index in [0.29, 0.717) is 13.0 Å². The zero-order valence-corrected chi connectivity index (χ0v) is 7.91. The molecule has 0 heterocycles. The van der Waals surface area contributed by atoms with Gasteiger partial charge < -0.3 is 9.47 Å². The zero-order valence-electron chi connectivity index (χ0n) is 7.91. The average molecular weight is 186 g/mol. The fourth-order valence-electron chi connectivity index (χ4n) is 0.651. The molecule has 0 fully saturated rings. The third-order valence-electron chi connectivity index (χ3n) is 1.27. The lowest BCUT2D eigenvalue weighted by atomic mass is 10.3. The highest BCUT2D eigenvalue weighted by Crippen LogP contribution is 1.90. The van der Waals surface area contributed by atoms with E-state index in [-0.39, 0.29) is 18.4 Å². The highest BCUT2D eigenvalue weighted by molar-refractivity contribution is 5.70. The fraction of sp³-hybridized carbons (Fsp3) is 0.556. The van der Waals surface area contributed by atoms with Crippen molar-refractivity contribution in [2.24, 2.45) is 0 Å². The van der Waals surface area contributed by atoms with E-state index in [2.05, 4.69) is 9.47 Å². The van der Waals surface area contributed by atoms with Crippen molar-refractivity contribution in [3.63, 3.8) is 0 Å². The lowest BCUT2D eigenvalue weighted by Gasteiger charge is -1.96. The van der Waals surface area contributed by atoms with Crippen LogP contribution in [-0.4, -0.2) is 25.7 Å². The van der Waals surface area contributed by atoms with E-state index in [9.17, 15) is 9.59 Å². The molecule has 0 aliphatic carbocycles. The van der Waals surface area contributed by atoms with Gasteiger partial charge >= 0.3 is 11.9 Å². The predicted octanol–water partition coefficient (Wildman–Crippen LogP) is 1.06. The minimum Gasteiger partial charge on any atom is -0.469 e. The maximum Gasteiger partial charge on any atom is 0.309 e. The molecule has 4 heteroatoms. The van der Waals surface area contributed by atoms with Crippen LogP contribution in [0.3, 0.4) is 0 Å². The number of hydrogen-bond acceptors (Lipinski definition) is 4. The number of ether oxygens (including phenoxy) is 2. The molecule has 0 N–H and O–H groups in total. The maximum absolute atomic E-state index is 10.6. The standard InChI is InChI=1S/C9H14O4/c1-8(10)13-7-5-3-4-6-9(11)12-2/h3-4H,5-7H2,1-2H3. The SMILES string of the molecule is COC(=O)CC=CCCOC(C)=O. The second-order valence-electron chi connectivity index (χ2n) is 2.38. The monoisotopic (exact) mass is 186 g/mol. The highest BCUT2D eigenvalue weighted by Gasteiger charge is 1.93. The van der Waals surface area contributed by atoms with Crippen molar-refractivity contribution >= 4 is 11.9 Å². The second-order valence-corrected chi connectivity index (χ2v) is 2.38. The fourth-order valence-corrected chi connectivity index (χ4v) is 0.651. The molecule has 0 aromatic rings. The highest BCUT2D eigenvalue weighted by atomic mass is 16.5. The molecule has 13 heavy (non-hydrogen) atoms. The molecule has 0 aliphatic rings. The molecule has 0 aliphatic heterocycles. The molecule has 0 saturated carbocycles. The minimum absolute atomic E-state index is 0.260. The molecular weight excluding hydrogens is 172 g/mol. The van der Waals surface area contributed by atoms with Crippen molar-refractivity contribution in [2.45, 2.75) is 19.8 Å². The smallest absolute Gasteiger partial charge is 0.309 e. The Balaban J connectivity index is 3.32. The molecule has 4 nitrogen and oxygen atoms in total. The van der Waals surface area contributed by atoms with Crippen molar-refractivity contribution in [1.29, 1.82) is 0 Å². The summed E-state index contributed by atoms with van der Waals surface area (Å²) in [6, 6.07) is 0. The molecule has 0 atom stereocenters. The van der Waals surface area contributed by atoms with E-state index in [1.165, 1.54) is 14.0 Å². The van der Waals surface area contributed by atoms with Gasteiger partial charge in [0.2, 0.25) is 0 Å². The van der Waals surface area contributed by atoms with Crippen molar-refractivity contribution in [2.75, 3.05) is 13.7 Å². The summed E-state index contributed by atoms with van der Waals surface area (Å²) in [5, 5.41) is 0. The summed E-state index contributed by atoms with van der Waals surface area (Å²) in [6.07, 6.45) is 4.35. The lowest BCUT2D eigenvalue weighted by Crippen LogP contribution is -1.99. The Morgan fingerprint density at radius 2 is 2.00 bits per heavy atom. The van der Waals surface area contributed by atoms with Crippen molar-refractivity contribution in [3.05, 3.63) is 12.2 Å². The van der Waals surface area contributed by atoms with Crippen LogP contribution in [0.5, 0.6) is 0 Å². The van der Waals surface area contributed by atoms with Crippen LogP contribution >= 0.6 is 0 Å². The van der Waals surface area contributed by atoms with E-state index in [1.54, 1.807) is 12.2 Å². The molecular formula is C9H14O4. The minimum atomic E-state index is -0.290. The van der Waals surface area contributed by atoms with Gasteiger partial charge in [-0.2, -0.15) is 0 Å². The molecule has 0 unspecified atom stereocenters. The third kappa shape index (κ3) is 8.59. The van der Waals surface area contributed by atoms with E-state index in [4.69, 9.17) is 0 Å². The normalized spacial score (nSPS) is 10.0. The number of esters is 2. The summed E-state index contributed by atoms with van der Waals surface area (Å²) in [7, 11) is 1.34. The summed E-state index contributed by atoms with van der Waals surface area (Å²) in [4.78, 5) is 20.9. The van der Waals surface area contributed by atoms with Crippen LogP contribution in [0.1, 0.15) is 19.8 Å². The van der Waals surface area contributed by atoms with Crippen molar-refractivity contribution in [1.82, 2.24) is 0 Å². The van der Waals surface area contributed by atoms with Crippen LogP contribution in [0, 0.1) is 0 Å². The predicted molar refractivity (Wildman–Crippen MR) is 47.0 cm³/mol. The summed E-state index contributed by atoms with van der Waals surface area (Å²) in [6.45, 7) is 1.71. The van der Waals surface area contributed by atoms with Gasteiger partial charge in [0, 0.05) is 6.92 Å². The lowest BCUT2D eigenvalue weighted by molar-refractivity contribution is -0.141. The first-order valence-electron chi connectivity index (χ1n) is 4.02. The number of hydrogen-bond donors (Lipinski definition) is 0. The summed E-state index contributed by atoms with van der Waals surface area (Å²) in [5.74, 6) is -0.565. The molecule has 0 radical (unpaired) electrons. The van der Waals surface area contributed by atoms with Crippen molar-refractivity contribution in [3.8, 4) is 0 Å². The topological polar surface area (TPSA) is 52.6 Å². The Labute approximate surface area is 77.5 Å². The number of rotatable bonds is 5. The van der Waals surface area contributed by atoms with E-state index in [1.807, 2.05) is 0 Å². The summed E-state index contributed by atoms with van der Waals surface area (Å²) >= 11 is 0. The largest absolute Gasteiger partial charge is 0.469 e. The molecule has 0 aromatic heterocycles. The van der Waals surface area contributed by atoms with Crippen LogP contribution < -0.4 is 0 Å². The number of carbonyl (C=O) groups is 2. The first kappa shape index (κ1) is 11.7. The van der Waals surface area contributed by atoms with Gasteiger partial charge in [-0.05, 0) is 6.42 Å². The Hall–Kier alpha value is -1.32. The Morgan fingerprint density at radius 3 is 2.54 bits per heavy atom. The second kappa shape index (κ2) is 7.34. The van der Waals surface area contributed by atoms with Gasteiger partial charge in [0.05, 0.1) is 20.1 Å². The first-order chi connectivity index (χ1) is 6.16. The van der Waals surface area contributed by atoms with E-state index < -0.39 is 0 Å². The van der Waals surface area contributed by atoms with E-state index in [0.717, 1.165) is 0 Å². The van der Waals surface area contributed by atoms with Crippen LogP contribution in [0.4, 0.5) is 0 Å². The Morgan fingerprint density at radius 1 is 1.31 bits per heavy atom. The molecule has 0 rings (SSSR count). The Bertz CT molecular complexity index is 196. The third-order valence-corrected chi connectivity index (χ3v) is 1.27. The van der Waals surface area contributed by atoms with Gasteiger partial charge in [-0.1, -0.05) is 12.2 Å². The molecule has 0 amide bonds. The number of methoxy groups -OCH3 is 1. The summed E-state index contributed by atoms with van der Waals surface area (Å²) < 4.78 is 9.09. The van der Waals surface area contributed by atoms with Gasteiger partial charge in [0.15, 0.2) is 0 Å². The molecule has 74 valence electrons. The first-order valence-corrected chi connectivity index (χ1v) is 4.02. The number of carbonyl (C=O) groups excluding carboxylic acids is 2. The zero-order chi connectivity index (χ0) is 10.1. The van der Waals surface area contributed by atoms with Crippen LogP contribution in [0.2, 0.25) is 0 Å². The van der Waals surface area contributed by atoms with Gasteiger partial charge in [0.1, 0.15) is 0 Å². The Kier molecular flexibility index (Phi) is 6.59. The molecule has 0 aromatic carbocycles. The van der Waals surface area contributed by atoms with E-state index >= 15 is 0 Å². The molecule has 0 bridgehead atoms. The van der Waals surface area contributed by atoms with Crippen LogP contribution in [-0.2, 0) is 19.1 Å². The van der Waals surface area contributed by atoms with Gasteiger partial charge in [-0.3, -0.25) is 9.59 Å².